The van der Waals surface area contributed by atoms with Crippen LogP contribution in [0.25, 0.3) is 11.0 Å². The van der Waals surface area contributed by atoms with Crippen LogP contribution in [-0.4, -0.2) is 75.4 Å². The summed E-state index contributed by atoms with van der Waals surface area (Å²) < 4.78 is 33.7. The molecule has 2 aromatic heterocycles. The van der Waals surface area contributed by atoms with Gasteiger partial charge < -0.3 is 38.5 Å². The molecule has 10 nitrogen and oxygen atoms in total. The van der Waals surface area contributed by atoms with Gasteiger partial charge in [-0.25, -0.2) is 4.98 Å². The number of hydrogen-bond donors (Lipinski definition) is 2. The molecule has 0 amide bonds. The van der Waals surface area contributed by atoms with E-state index in [1.165, 1.54) is 0 Å². The number of nitrogen functional groups attached to an aromatic ring is 1. The molecule has 12 heteroatoms. The Morgan fingerprint density at radius 1 is 0.732 bits per heavy atom. The molecule has 6 rings (SSSR count). The van der Waals surface area contributed by atoms with Crippen molar-refractivity contribution in [1.29, 1.82) is 0 Å². The Labute approximate surface area is 334 Å². The number of anilines is 1. The number of rotatable bonds is 12. The lowest BCUT2D eigenvalue weighted by atomic mass is 9.66. The van der Waals surface area contributed by atoms with Crippen LogP contribution in [0.1, 0.15) is 70.2 Å². The number of fused-ring (bicyclic) bond motifs is 1. The van der Waals surface area contributed by atoms with Gasteiger partial charge in [-0.2, -0.15) is 4.98 Å². The van der Waals surface area contributed by atoms with E-state index in [2.05, 4.69) is 104 Å². The summed E-state index contributed by atoms with van der Waals surface area (Å²) in [7, 11) is -1.20. The van der Waals surface area contributed by atoms with Crippen LogP contribution in [0.15, 0.2) is 91.1 Å². The maximum atomic E-state index is 12.3. The standard InChI is InChI=1S/C44H60N4O6Si2/c1-42(2,3)55(9,10)52-28-35-37(54-56(11,12)43(4,5)6)36(49)40(53-35)48-27-26-34-38(46-41(45)47-39(34)48)44(29-16-14-13-15-17-29,30-18-22-32(50-7)23-19-30)31-20-24-33(51-8)25-21-31/h13-27,35-37,40,49H,28H2,1-12H3,(H2,45,46,47)/t35-,36-,37-,40-/m1/s1. The van der Waals surface area contributed by atoms with Gasteiger partial charge in [0.05, 0.1) is 31.9 Å². The monoisotopic (exact) mass is 796 g/mol. The summed E-state index contributed by atoms with van der Waals surface area (Å²) in [5, 5.41) is 13.0. The van der Waals surface area contributed by atoms with Crippen LogP contribution in [-0.2, 0) is 19.0 Å². The first kappa shape index (κ1) is 41.6. The zero-order valence-corrected chi connectivity index (χ0v) is 37.1. The lowest BCUT2D eigenvalue weighted by Gasteiger charge is -2.41. The van der Waals surface area contributed by atoms with Crippen LogP contribution in [0, 0.1) is 0 Å². The number of aliphatic hydroxyl groups is 1. The van der Waals surface area contributed by atoms with Crippen molar-refractivity contribution in [2.45, 2.75) is 108 Å². The van der Waals surface area contributed by atoms with E-state index >= 15 is 0 Å². The first-order chi connectivity index (χ1) is 26.2. The van der Waals surface area contributed by atoms with Gasteiger partial charge in [0.2, 0.25) is 5.95 Å². The SMILES string of the molecule is COc1ccc(C(c2ccccc2)(c2ccc(OC)cc2)c2nc(N)nc3c2ccn3[C@@H]2O[C@H](CO[Si](C)(C)C(C)(C)C)[C@@H](O[Si](C)(C)C(C)(C)C)[C@H]2O)cc1. The minimum Gasteiger partial charge on any atom is -0.497 e. The number of nitrogens with two attached hydrogens (primary N) is 1. The van der Waals surface area contributed by atoms with Crippen molar-refractivity contribution in [3.05, 3.63) is 114 Å². The summed E-state index contributed by atoms with van der Waals surface area (Å²) in [4.78, 5) is 9.93. The molecule has 0 unspecified atom stereocenters. The first-order valence-corrected chi connectivity index (χ1v) is 25.2. The molecular weight excluding hydrogens is 737 g/mol. The Hall–Kier alpha value is -4.05. The van der Waals surface area contributed by atoms with Crippen molar-refractivity contribution in [3.63, 3.8) is 0 Å². The van der Waals surface area contributed by atoms with Gasteiger partial charge in [0.15, 0.2) is 22.9 Å². The molecule has 300 valence electrons. The second-order valence-corrected chi connectivity index (χ2v) is 27.5. The molecule has 3 heterocycles. The summed E-state index contributed by atoms with van der Waals surface area (Å²) >= 11 is 0. The summed E-state index contributed by atoms with van der Waals surface area (Å²) in [6.07, 6.45) is -1.07. The number of ether oxygens (including phenoxy) is 3. The summed E-state index contributed by atoms with van der Waals surface area (Å²) in [5.41, 5.74) is 9.84. The van der Waals surface area contributed by atoms with E-state index in [-0.39, 0.29) is 16.0 Å². The van der Waals surface area contributed by atoms with Crippen molar-refractivity contribution in [1.82, 2.24) is 14.5 Å². The van der Waals surface area contributed by atoms with Gasteiger partial charge in [-0.15, -0.1) is 0 Å². The van der Waals surface area contributed by atoms with Crippen LogP contribution >= 0.6 is 0 Å². The number of hydrogen-bond acceptors (Lipinski definition) is 9. The van der Waals surface area contributed by atoms with E-state index < -0.39 is 46.6 Å². The highest BCUT2D eigenvalue weighted by Gasteiger charge is 2.52. The Kier molecular flexibility index (Phi) is 11.4. The minimum atomic E-state index is -2.36. The number of aromatic nitrogens is 3. The second kappa shape index (κ2) is 15.4. The maximum absolute atomic E-state index is 12.3. The predicted octanol–water partition coefficient (Wildman–Crippen LogP) is 9.08. The topological polar surface area (TPSA) is 123 Å². The fourth-order valence-corrected chi connectivity index (χ4v) is 9.41. The molecule has 1 saturated heterocycles. The third-order valence-corrected chi connectivity index (χ3v) is 21.4. The van der Waals surface area contributed by atoms with Crippen molar-refractivity contribution in [3.8, 4) is 11.5 Å². The highest BCUT2D eigenvalue weighted by Crippen LogP contribution is 2.49. The number of nitrogens with zero attached hydrogens (tertiary/aromatic N) is 3. The third-order valence-electron chi connectivity index (χ3n) is 12.4. The summed E-state index contributed by atoms with van der Waals surface area (Å²) in [6, 6.07) is 28.4. The van der Waals surface area contributed by atoms with Crippen molar-refractivity contribution >= 4 is 33.6 Å². The van der Waals surface area contributed by atoms with Crippen LogP contribution in [0.5, 0.6) is 11.5 Å². The van der Waals surface area contributed by atoms with Crippen molar-refractivity contribution < 1.29 is 28.2 Å². The zero-order valence-electron chi connectivity index (χ0n) is 35.1. The maximum Gasteiger partial charge on any atom is 0.222 e. The molecule has 4 atom stereocenters. The quantitative estimate of drug-likeness (QED) is 0.0941. The Morgan fingerprint density at radius 2 is 1.25 bits per heavy atom. The Balaban J connectivity index is 1.55. The molecule has 0 aliphatic carbocycles. The molecule has 0 saturated carbocycles. The highest BCUT2D eigenvalue weighted by molar-refractivity contribution is 6.74. The number of benzene rings is 3. The van der Waals surface area contributed by atoms with E-state index in [0.717, 1.165) is 33.6 Å². The molecule has 56 heavy (non-hydrogen) atoms. The average Bonchev–Trinajstić information content (AvgIpc) is 3.70. The fraction of sp³-hybridized carbons (Fsp3) is 0.455. The van der Waals surface area contributed by atoms with Crippen LogP contribution < -0.4 is 15.2 Å². The van der Waals surface area contributed by atoms with Crippen molar-refractivity contribution in [2.75, 3.05) is 26.6 Å². The normalized spacial score (nSPS) is 19.7. The van der Waals surface area contributed by atoms with Gasteiger partial charge in [-0.1, -0.05) is 96.1 Å². The fourth-order valence-electron chi connectivity index (χ4n) is 7.07. The van der Waals surface area contributed by atoms with Gasteiger partial charge in [-0.05, 0) is 83.3 Å². The van der Waals surface area contributed by atoms with Gasteiger partial charge in [0.25, 0.3) is 0 Å². The average molecular weight is 797 g/mol. The second-order valence-electron chi connectivity index (χ2n) is 17.9. The smallest absolute Gasteiger partial charge is 0.222 e. The van der Waals surface area contributed by atoms with Crippen molar-refractivity contribution in [2.24, 2.45) is 0 Å². The van der Waals surface area contributed by atoms with Crippen LogP contribution in [0.3, 0.4) is 0 Å². The minimum absolute atomic E-state index is 0.0000942. The largest absolute Gasteiger partial charge is 0.497 e. The molecule has 1 fully saturated rings. The van der Waals surface area contributed by atoms with E-state index in [1.807, 2.05) is 59.3 Å². The molecule has 3 N–H and O–H groups in total. The van der Waals surface area contributed by atoms with E-state index in [4.69, 9.17) is 38.8 Å². The first-order valence-electron chi connectivity index (χ1n) is 19.4. The van der Waals surface area contributed by atoms with Crippen LogP contribution in [0.2, 0.25) is 36.3 Å². The Morgan fingerprint density at radius 3 is 1.75 bits per heavy atom. The summed E-state index contributed by atoms with van der Waals surface area (Å²) in [5.74, 6) is 1.56. The van der Waals surface area contributed by atoms with Gasteiger partial charge >= 0.3 is 0 Å². The van der Waals surface area contributed by atoms with E-state index in [0.29, 0.717) is 17.9 Å². The Bertz CT molecular complexity index is 2060. The predicted molar refractivity (Wildman–Crippen MR) is 228 cm³/mol. The molecule has 0 spiro atoms. The van der Waals surface area contributed by atoms with Crippen LogP contribution in [0.4, 0.5) is 5.95 Å². The molecule has 1 aliphatic heterocycles. The molecule has 3 aromatic carbocycles. The van der Waals surface area contributed by atoms with Gasteiger partial charge in [0, 0.05) is 11.6 Å². The zero-order chi connectivity index (χ0) is 40.8. The highest BCUT2D eigenvalue weighted by atomic mass is 28.4. The van der Waals surface area contributed by atoms with Gasteiger partial charge in [-0.3, -0.25) is 0 Å². The van der Waals surface area contributed by atoms with E-state index in [1.54, 1.807) is 14.2 Å². The molecular formula is C44H60N4O6Si2. The van der Waals surface area contributed by atoms with Gasteiger partial charge in [0.1, 0.15) is 35.5 Å². The lowest BCUT2D eigenvalue weighted by molar-refractivity contribution is -0.0485. The molecule has 1 aliphatic rings. The number of methoxy groups -OCH3 is 2. The number of aliphatic hydroxyl groups excluding tert-OH is 1. The molecule has 5 aromatic rings. The summed E-state index contributed by atoms with van der Waals surface area (Å²) in [6.45, 7) is 22.4. The molecule has 0 bridgehead atoms. The third kappa shape index (κ3) is 7.55. The lowest BCUT2D eigenvalue weighted by Crippen LogP contribution is -2.51. The van der Waals surface area contributed by atoms with E-state index in [9.17, 15) is 5.11 Å². The molecule has 0 radical (unpaired) electrons.